The SMILES string of the molecule is C[C@@H](SC[C@H](NC(=O)OC(C)(C)C)C(=O)OC(C)(C)C)C(=O)O. The van der Waals surface area contributed by atoms with Crippen LogP contribution in [0.15, 0.2) is 0 Å². The zero-order chi connectivity index (χ0) is 18.4. The van der Waals surface area contributed by atoms with Crippen molar-refractivity contribution in [1.29, 1.82) is 0 Å². The van der Waals surface area contributed by atoms with Crippen molar-refractivity contribution in [3.63, 3.8) is 0 Å². The van der Waals surface area contributed by atoms with E-state index in [1.165, 1.54) is 6.92 Å². The Morgan fingerprint density at radius 1 is 1.04 bits per heavy atom. The topological polar surface area (TPSA) is 102 Å². The summed E-state index contributed by atoms with van der Waals surface area (Å²) in [6.45, 7) is 11.8. The van der Waals surface area contributed by atoms with Crippen LogP contribution in [0.3, 0.4) is 0 Å². The molecule has 134 valence electrons. The van der Waals surface area contributed by atoms with Crippen LogP contribution in [-0.4, -0.2) is 51.4 Å². The fourth-order valence-corrected chi connectivity index (χ4v) is 2.15. The van der Waals surface area contributed by atoms with Crippen molar-refractivity contribution < 1.29 is 29.0 Å². The molecule has 23 heavy (non-hydrogen) atoms. The average molecular weight is 349 g/mol. The van der Waals surface area contributed by atoms with Gasteiger partial charge in [-0.1, -0.05) is 0 Å². The molecule has 0 unspecified atom stereocenters. The summed E-state index contributed by atoms with van der Waals surface area (Å²) in [5, 5.41) is 10.6. The third-order valence-electron chi connectivity index (χ3n) is 2.24. The number of nitrogens with one attached hydrogen (secondary N) is 1. The molecule has 7 nitrogen and oxygen atoms in total. The number of carboxylic acid groups (broad SMARTS) is 1. The van der Waals surface area contributed by atoms with Gasteiger partial charge in [0.2, 0.25) is 0 Å². The van der Waals surface area contributed by atoms with Crippen molar-refractivity contribution in [2.75, 3.05) is 5.75 Å². The first-order valence-electron chi connectivity index (χ1n) is 7.28. The number of hydrogen-bond acceptors (Lipinski definition) is 6. The number of ether oxygens (including phenoxy) is 2. The smallest absolute Gasteiger partial charge is 0.408 e. The first kappa shape index (κ1) is 21.6. The molecule has 0 heterocycles. The molecule has 0 fully saturated rings. The highest BCUT2D eigenvalue weighted by Crippen LogP contribution is 2.16. The number of rotatable bonds is 6. The van der Waals surface area contributed by atoms with Crippen molar-refractivity contribution in [3.8, 4) is 0 Å². The summed E-state index contributed by atoms with van der Waals surface area (Å²) in [4.78, 5) is 34.9. The van der Waals surface area contributed by atoms with E-state index in [2.05, 4.69) is 5.32 Å². The van der Waals surface area contributed by atoms with Crippen LogP contribution >= 0.6 is 11.8 Å². The fraction of sp³-hybridized carbons (Fsp3) is 0.800. The van der Waals surface area contributed by atoms with Gasteiger partial charge in [0.05, 0.1) is 5.25 Å². The number of carbonyl (C=O) groups is 3. The van der Waals surface area contributed by atoms with E-state index in [0.717, 1.165) is 11.8 Å². The molecule has 0 aromatic rings. The lowest BCUT2D eigenvalue weighted by Gasteiger charge is -2.26. The van der Waals surface area contributed by atoms with E-state index in [-0.39, 0.29) is 5.75 Å². The van der Waals surface area contributed by atoms with Gasteiger partial charge in [0.1, 0.15) is 17.2 Å². The average Bonchev–Trinajstić information content (AvgIpc) is 2.28. The predicted octanol–water partition coefficient (Wildman–Crippen LogP) is 2.43. The minimum Gasteiger partial charge on any atom is -0.480 e. The molecule has 8 heteroatoms. The lowest BCUT2D eigenvalue weighted by atomic mass is 10.2. The lowest BCUT2D eigenvalue weighted by molar-refractivity contribution is -0.156. The van der Waals surface area contributed by atoms with Gasteiger partial charge >= 0.3 is 18.0 Å². The summed E-state index contributed by atoms with van der Waals surface area (Å²) in [7, 11) is 0. The largest absolute Gasteiger partial charge is 0.480 e. The van der Waals surface area contributed by atoms with Gasteiger partial charge in [-0.3, -0.25) is 4.79 Å². The zero-order valence-electron chi connectivity index (χ0n) is 14.8. The lowest BCUT2D eigenvalue weighted by Crippen LogP contribution is -2.47. The number of alkyl carbamates (subject to hydrolysis) is 1. The first-order valence-corrected chi connectivity index (χ1v) is 8.33. The fourth-order valence-electron chi connectivity index (χ4n) is 1.30. The van der Waals surface area contributed by atoms with Crippen LogP contribution in [0.4, 0.5) is 4.79 Å². The number of thioether (sulfide) groups is 1. The van der Waals surface area contributed by atoms with Crippen molar-refractivity contribution in [3.05, 3.63) is 0 Å². The molecule has 0 rings (SSSR count). The number of carboxylic acids is 1. The van der Waals surface area contributed by atoms with Gasteiger partial charge in [-0.05, 0) is 48.5 Å². The molecule has 0 bridgehead atoms. The molecule has 0 radical (unpaired) electrons. The number of esters is 1. The van der Waals surface area contributed by atoms with Gasteiger partial charge in [-0.15, -0.1) is 11.8 Å². The van der Waals surface area contributed by atoms with Crippen LogP contribution in [0.2, 0.25) is 0 Å². The van der Waals surface area contributed by atoms with E-state index in [1.807, 2.05) is 0 Å². The number of carbonyl (C=O) groups excluding carboxylic acids is 2. The molecule has 0 aliphatic rings. The van der Waals surface area contributed by atoms with Gasteiger partial charge in [0.25, 0.3) is 0 Å². The minimum atomic E-state index is -0.991. The van der Waals surface area contributed by atoms with Crippen LogP contribution in [0, 0.1) is 0 Å². The van der Waals surface area contributed by atoms with E-state index in [9.17, 15) is 14.4 Å². The van der Waals surface area contributed by atoms with Crippen LogP contribution in [0.1, 0.15) is 48.5 Å². The molecule has 1 amide bonds. The maximum absolute atomic E-state index is 12.2. The monoisotopic (exact) mass is 349 g/mol. The maximum atomic E-state index is 12.2. The molecular weight excluding hydrogens is 322 g/mol. The van der Waals surface area contributed by atoms with E-state index in [0.29, 0.717) is 0 Å². The quantitative estimate of drug-likeness (QED) is 0.710. The molecule has 0 spiro atoms. The highest BCUT2D eigenvalue weighted by molar-refractivity contribution is 8.00. The van der Waals surface area contributed by atoms with Crippen molar-refractivity contribution in [2.45, 2.75) is 71.0 Å². The Morgan fingerprint density at radius 3 is 1.91 bits per heavy atom. The van der Waals surface area contributed by atoms with E-state index in [1.54, 1.807) is 41.5 Å². The van der Waals surface area contributed by atoms with Crippen LogP contribution < -0.4 is 5.32 Å². The van der Waals surface area contributed by atoms with Crippen LogP contribution in [-0.2, 0) is 19.1 Å². The molecule has 0 aromatic heterocycles. The summed E-state index contributed by atoms with van der Waals surface area (Å²) < 4.78 is 10.4. The second-order valence-electron chi connectivity index (χ2n) is 7.05. The molecule has 0 aliphatic carbocycles. The van der Waals surface area contributed by atoms with E-state index >= 15 is 0 Å². The number of amides is 1. The molecule has 0 aliphatic heterocycles. The highest BCUT2D eigenvalue weighted by Gasteiger charge is 2.29. The van der Waals surface area contributed by atoms with Gasteiger partial charge in [0.15, 0.2) is 0 Å². The summed E-state index contributed by atoms with van der Waals surface area (Å²) in [6, 6.07) is -0.990. The Hall–Kier alpha value is -1.44. The van der Waals surface area contributed by atoms with Gasteiger partial charge in [-0.25, -0.2) is 9.59 Å². The molecule has 0 saturated heterocycles. The molecule has 2 N–H and O–H groups in total. The third kappa shape index (κ3) is 10.8. The Balaban J connectivity index is 4.89. The Kier molecular flexibility index (Phi) is 7.90. The standard InChI is InChI=1S/C15H27NO6S/c1-9(11(17)18)23-8-10(12(19)21-14(2,3)4)16-13(20)22-15(5,6)7/h9-10H,8H2,1-7H3,(H,16,20)(H,17,18)/t9-,10+/m1/s1. The van der Waals surface area contributed by atoms with Crippen molar-refractivity contribution >= 4 is 29.8 Å². The van der Waals surface area contributed by atoms with E-state index < -0.39 is 40.5 Å². The zero-order valence-corrected chi connectivity index (χ0v) is 15.6. The normalized spacial score (nSPS) is 14.6. The van der Waals surface area contributed by atoms with Gasteiger partial charge < -0.3 is 19.9 Å². The molecule has 0 aromatic carbocycles. The Labute approximate surface area is 141 Å². The molecule has 0 saturated carbocycles. The summed E-state index contributed by atoms with van der Waals surface area (Å²) in [6.07, 6.45) is -0.753. The second kappa shape index (κ2) is 8.42. The molecule has 2 atom stereocenters. The summed E-state index contributed by atoms with van der Waals surface area (Å²) in [5.74, 6) is -1.55. The summed E-state index contributed by atoms with van der Waals surface area (Å²) >= 11 is 1.04. The number of hydrogen-bond donors (Lipinski definition) is 2. The summed E-state index contributed by atoms with van der Waals surface area (Å²) in [5.41, 5.74) is -1.42. The van der Waals surface area contributed by atoms with Gasteiger partial charge in [0, 0.05) is 5.75 Å². The van der Waals surface area contributed by atoms with Gasteiger partial charge in [-0.2, -0.15) is 0 Å². The Morgan fingerprint density at radius 2 is 1.52 bits per heavy atom. The first-order chi connectivity index (χ1) is 10.2. The second-order valence-corrected chi connectivity index (χ2v) is 8.42. The van der Waals surface area contributed by atoms with Crippen molar-refractivity contribution in [1.82, 2.24) is 5.32 Å². The maximum Gasteiger partial charge on any atom is 0.408 e. The van der Waals surface area contributed by atoms with E-state index in [4.69, 9.17) is 14.6 Å². The van der Waals surface area contributed by atoms with Crippen molar-refractivity contribution in [2.24, 2.45) is 0 Å². The highest BCUT2D eigenvalue weighted by atomic mass is 32.2. The number of aliphatic carboxylic acids is 1. The third-order valence-corrected chi connectivity index (χ3v) is 3.47. The Bertz CT molecular complexity index is 438. The minimum absolute atomic E-state index is 0.0711. The van der Waals surface area contributed by atoms with Crippen LogP contribution in [0.25, 0.3) is 0 Å². The van der Waals surface area contributed by atoms with Crippen LogP contribution in [0.5, 0.6) is 0 Å². The predicted molar refractivity (Wildman–Crippen MR) is 88.6 cm³/mol. The molecular formula is C15H27NO6S.